The highest BCUT2D eigenvalue weighted by Crippen LogP contribution is 2.48. The number of hydrogen-bond donors (Lipinski definition) is 2. The molecule has 1 amide bonds. The molecule has 21 heavy (non-hydrogen) atoms. The van der Waals surface area contributed by atoms with Gasteiger partial charge in [0.2, 0.25) is 0 Å². The van der Waals surface area contributed by atoms with Crippen LogP contribution in [0.25, 0.3) is 0 Å². The second kappa shape index (κ2) is 5.27. The zero-order chi connectivity index (χ0) is 15.0. The molecule has 0 bridgehead atoms. The summed E-state index contributed by atoms with van der Waals surface area (Å²) in [5, 5.41) is 12.1. The molecule has 4 nitrogen and oxygen atoms in total. The lowest BCUT2D eigenvalue weighted by Gasteiger charge is -2.11. The van der Waals surface area contributed by atoms with Gasteiger partial charge in [-0.05, 0) is 58.6 Å². The van der Waals surface area contributed by atoms with Crippen molar-refractivity contribution in [2.75, 3.05) is 5.32 Å². The zero-order valence-electron chi connectivity index (χ0n) is 10.9. The molecule has 0 atom stereocenters. The Morgan fingerprint density at radius 2 is 1.81 bits per heavy atom. The third-order valence-electron chi connectivity index (χ3n) is 3.65. The topological polar surface area (TPSA) is 66.4 Å². The Labute approximate surface area is 133 Å². The molecule has 2 aromatic rings. The van der Waals surface area contributed by atoms with E-state index in [1.807, 2.05) is 6.07 Å². The summed E-state index contributed by atoms with van der Waals surface area (Å²) in [5.74, 6) is -0.944. The number of rotatable bonds is 4. The SMILES string of the molecule is O=C(Nc1ccc(C2(C(=O)O)CC2)cc1)c1ccc(Br)s1. The number of hydrogen-bond acceptors (Lipinski definition) is 3. The number of thiophene rings is 1. The maximum atomic E-state index is 12.0. The highest BCUT2D eigenvalue weighted by atomic mass is 79.9. The van der Waals surface area contributed by atoms with Gasteiger partial charge in [0.1, 0.15) is 0 Å². The van der Waals surface area contributed by atoms with Crippen molar-refractivity contribution >= 4 is 44.8 Å². The quantitative estimate of drug-likeness (QED) is 0.863. The van der Waals surface area contributed by atoms with Crippen molar-refractivity contribution < 1.29 is 14.7 Å². The summed E-state index contributed by atoms with van der Waals surface area (Å²) < 4.78 is 0.903. The van der Waals surface area contributed by atoms with Gasteiger partial charge in [-0.3, -0.25) is 9.59 Å². The standard InChI is InChI=1S/C15H12BrNO3S/c16-12-6-5-11(21-12)13(18)17-10-3-1-9(2-4-10)15(7-8-15)14(19)20/h1-6H,7-8H2,(H,17,18)(H,19,20). The molecule has 1 aromatic heterocycles. The molecule has 0 aliphatic heterocycles. The van der Waals surface area contributed by atoms with E-state index < -0.39 is 11.4 Å². The molecule has 0 radical (unpaired) electrons. The van der Waals surface area contributed by atoms with Gasteiger partial charge in [0.05, 0.1) is 14.1 Å². The minimum absolute atomic E-state index is 0.169. The van der Waals surface area contributed by atoms with E-state index in [2.05, 4.69) is 21.2 Å². The number of anilines is 1. The van der Waals surface area contributed by atoms with Gasteiger partial charge in [0.15, 0.2) is 0 Å². The van der Waals surface area contributed by atoms with Crippen LogP contribution in [0.3, 0.4) is 0 Å². The number of carboxylic acids is 1. The highest BCUT2D eigenvalue weighted by molar-refractivity contribution is 9.11. The lowest BCUT2D eigenvalue weighted by Crippen LogP contribution is -2.19. The first-order chi connectivity index (χ1) is 10.0. The second-order valence-corrected chi connectivity index (χ2v) is 7.49. The van der Waals surface area contributed by atoms with Crippen LogP contribution in [0, 0.1) is 0 Å². The van der Waals surface area contributed by atoms with Crippen molar-refractivity contribution in [1.82, 2.24) is 0 Å². The average Bonchev–Trinajstić information content (AvgIpc) is 3.16. The minimum Gasteiger partial charge on any atom is -0.481 e. The number of carbonyl (C=O) groups is 2. The van der Waals surface area contributed by atoms with Crippen LogP contribution in [-0.4, -0.2) is 17.0 Å². The van der Waals surface area contributed by atoms with Gasteiger partial charge in [-0.1, -0.05) is 12.1 Å². The van der Waals surface area contributed by atoms with Crippen molar-refractivity contribution in [1.29, 1.82) is 0 Å². The van der Waals surface area contributed by atoms with E-state index in [0.29, 0.717) is 23.4 Å². The molecule has 1 aliphatic rings. The van der Waals surface area contributed by atoms with Gasteiger partial charge in [0, 0.05) is 5.69 Å². The summed E-state index contributed by atoms with van der Waals surface area (Å²) in [6.07, 6.45) is 1.36. The van der Waals surface area contributed by atoms with Crippen LogP contribution < -0.4 is 5.32 Å². The lowest BCUT2D eigenvalue weighted by molar-refractivity contribution is -0.140. The number of carboxylic acid groups (broad SMARTS) is 1. The number of halogens is 1. The Morgan fingerprint density at radius 3 is 2.29 bits per heavy atom. The number of amides is 1. The molecule has 3 rings (SSSR count). The lowest BCUT2D eigenvalue weighted by atomic mass is 9.96. The van der Waals surface area contributed by atoms with E-state index in [1.54, 1.807) is 30.3 Å². The van der Waals surface area contributed by atoms with Gasteiger partial charge in [-0.15, -0.1) is 11.3 Å². The number of nitrogens with one attached hydrogen (secondary N) is 1. The first-order valence-electron chi connectivity index (χ1n) is 6.42. The Kier molecular flexibility index (Phi) is 3.59. The van der Waals surface area contributed by atoms with E-state index in [4.69, 9.17) is 0 Å². The average molecular weight is 366 g/mol. The van der Waals surface area contributed by atoms with E-state index in [9.17, 15) is 14.7 Å². The van der Waals surface area contributed by atoms with Crippen molar-refractivity contribution in [3.63, 3.8) is 0 Å². The van der Waals surface area contributed by atoms with Gasteiger partial charge in [-0.25, -0.2) is 0 Å². The summed E-state index contributed by atoms with van der Waals surface area (Å²) in [6, 6.07) is 10.6. The van der Waals surface area contributed by atoms with Crippen molar-refractivity contribution in [2.45, 2.75) is 18.3 Å². The molecular formula is C15H12BrNO3S. The number of aliphatic carboxylic acids is 1. The van der Waals surface area contributed by atoms with Gasteiger partial charge in [0.25, 0.3) is 5.91 Å². The highest BCUT2D eigenvalue weighted by Gasteiger charge is 2.51. The van der Waals surface area contributed by atoms with E-state index in [0.717, 1.165) is 9.35 Å². The van der Waals surface area contributed by atoms with Crippen molar-refractivity contribution in [3.8, 4) is 0 Å². The number of carbonyl (C=O) groups excluding carboxylic acids is 1. The predicted octanol–water partition coefficient (Wildman–Crippen LogP) is 3.88. The summed E-state index contributed by atoms with van der Waals surface area (Å²) in [5.41, 5.74) is 0.752. The van der Waals surface area contributed by atoms with Gasteiger partial charge in [-0.2, -0.15) is 0 Å². The van der Waals surface area contributed by atoms with E-state index in [1.165, 1.54) is 11.3 Å². The summed E-state index contributed by atoms with van der Waals surface area (Å²) >= 11 is 4.68. The Morgan fingerprint density at radius 1 is 1.14 bits per heavy atom. The fourth-order valence-corrected chi connectivity index (χ4v) is 3.53. The third kappa shape index (κ3) is 2.73. The first kappa shape index (κ1) is 14.3. The molecule has 1 fully saturated rings. The molecule has 1 heterocycles. The van der Waals surface area contributed by atoms with Crippen LogP contribution in [0.15, 0.2) is 40.2 Å². The van der Waals surface area contributed by atoms with Crippen LogP contribution in [0.1, 0.15) is 28.1 Å². The van der Waals surface area contributed by atoms with Crippen molar-refractivity contribution in [3.05, 3.63) is 50.6 Å². The Balaban J connectivity index is 1.73. The fourth-order valence-electron chi connectivity index (χ4n) is 2.25. The maximum Gasteiger partial charge on any atom is 0.314 e. The van der Waals surface area contributed by atoms with E-state index in [-0.39, 0.29) is 5.91 Å². The predicted molar refractivity (Wildman–Crippen MR) is 85.0 cm³/mol. The van der Waals surface area contributed by atoms with Crippen LogP contribution >= 0.6 is 27.3 Å². The minimum atomic E-state index is -0.775. The third-order valence-corrected chi connectivity index (χ3v) is 5.27. The van der Waals surface area contributed by atoms with E-state index >= 15 is 0 Å². The normalized spacial score (nSPS) is 15.5. The molecule has 1 aromatic carbocycles. The smallest absolute Gasteiger partial charge is 0.314 e. The Hall–Kier alpha value is -1.66. The molecule has 108 valence electrons. The van der Waals surface area contributed by atoms with Crippen LogP contribution in [0.2, 0.25) is 0 Å². The molecule has 0 spiro atoms. The molecule has 2 N–H and O–H groups in total. The molecule has 1 aliphatic carbocycles. The fraction of sp³-hybridized carbons (Fsp3) is 0.200. The van der Waals surface area contributed by atoms with Crippen LogP contribution in [-0.2, 0) is 10.2 Å². The van der Waals surface area contributed by atoms with Crippen LogP contribution in [0.4, 0.5) is 5.69 Å². The van der Waals surface area contributed by atoms with Gasteiger partial charge >= 0.3 is 5.97 Å². The molecule has 1 saturated carbocycles. The molecular weight excluding hydrogens is 354 g/mol. The summed E-state index contributed by atoms with van der Waals surface area (Å²) in [7, 11) is 0. The monoisotopic (exact) mass is 365 g/mol. The van der Waals surface area contributed by atoms with Gasteiger partial charge < -0.3 is 10.4 Å². The second-order valence-electron chi connectivity index (χ2n) is 5.02. The Bertz CT molecular complexity index is 704. The first-order valence-corrected chi connectivity index (χ1v) is 8.03. The maximum absolute atomic E-state index is 12.0. The molecule has 0 saturated heterocycles. The molecule has 6 heteroatoms. The summed E-state index contributed by atoms with van der Waals surface area (Å²) in [4.78, 5) is 23.9. The zero-order valence-corrected chi connectivity index (χ0v) is 13.3. The van der Waals surface area contributed by atoms with Crippen LogP contribution in [0.5, 0.6) is 0 Å². The van der Waals surface area contributed by atoms with Crippen molar-refractivity contribution in [2.24, 2.45) is 0 Å². The number of benzene rings is 1. The molecule has 0 unspecified atom stereocenters. The largest absolute Gasteiger partial charge is 0.481 e. The summed E-state index contributed by atoms with van der Waals surface area (Å²) in [6.45, 7) is 0.